The molecule has 0 spiro atoms. The number of nitriles is 1. The van der Waals surface area contributed by atoms with Crippen molar-refractivity contribution in [2.45, 2.75) is 25.9 Å². The third kappa shape index (κ3) is 3.38. The summed E-state index contributed by atoms with van der Waals surface area (Å²) in [4.78, 5) is 53.6. The lowest BCUT2D eigenvalue weighted by molar-refractivity contribution is -0.871. The molecule has 1 N–H and O–H groups in total. The largest absolute Gasteiger partial charge is 0.293 e. The molecule has 9 heteroatoms. The number of nitrogens with zero attached hydrogens (tertiary/aromatic N) is 3. The van der Waals surface area contributed by atoms with Crippen molar-refractivity contribution in [3.63, 3.8) is 0 Å². The second-order valence-corrected chi connectivity index (χ2v) is 9.10. The molecule has 0 bridgehead atoms. The highest BCUT2D eigenvalue weighted by molar-refractivity contribution is 6.24. The van der Waals surface area contributed by atoms with Gasteiger partial charge in [-0.1, -0.05) is 29.8 Å². The molecule has 0 saturated carbocycles. The van der Waals surface area contributed by atoms with Crippen molar-refractivity contribution in [3.05, 3.63) is 93.2 Å². The Bertz CT molecular complexity index is 1420. The van der Waals surface area contributed by atoms with Crippen LogP contribution in [0, 0.1) is 47.1 Å². The smallest absolute Gasteiger partial charge is 0.270 e. The second-order valence-electron chi connectivity index (χ2n) is 9.10. The van der Waals surface area contributed by atoms with Gasteiger partial charge in [0.15, 0.2) is 6.04 Å². The highest BCUT2D eigenvalue weighted by atomic mass is 16.6. The van der Waals surface area contributed by atoms with Gasteiger partial charge in [0.2, 0.25) is 17.6 Å². The van der Waals surface area contributed by atoms with Crippen LogP contribution in [-0.4, -0.2) is 34.6 Å². The van der Waals surface area contributed by atoms with Crippen molar-refractivity contribution in [2.75, 3.05) is 4.90 Å². The number of nitro groups is 1. The van der Waals surface area contributed by atoms with Gasteiger partial charge in [0.25, 0.3) is 5.69 Å². The van der Waals surface area contributed by atoms with Gasteiger partial charge >= 0.3 is 0 Å². The normalized spacial score (nSPS) is 26.7. The number of imide groups is 1. The van der Waals surface area contributed by atoms with Gasteiger partial charge in [0.05, 0.1) is 28.5 Å². The number of fused-ring (bicyclic) bond motifs is 3. The molecule has 2 aromatic carbocycles. The highest BCUT2D eigenvalue weighted by Crippen LogP contribution is 2.40. The number of non-ortho nitro benzene ring substituents is 1. The van der Waals surface area contributed by atoms with Crippen molar-refractivity contribution < 1.29 is 24.2 Å². The van der Waals surface area contributed by atoms with E-state index < -0.39 is 46.4 Å². The molecule has 9 nitrogen and oxygen atoms in total. The third-order valence-corrected chi connectivity index (χ3v) is 7.05. The summed E-state index contributed by atoms with van der Waals surface area (Å²) in [6.45, 7) is 3.73. The number of allylic oxidation sites excluding steroid dienone is 2. The number of aryl methyl sites for hydroxylation is 2. The molecular weight excluding hydrogens is 448 g/mol. The molecule has 5 atom stereocenters. The zero-order valence-electron chi connectivity index (χ0n) is 19.0. The molecule has 3 aliphatic heterocycles. The van der Waals surface area contributed by atoms with Crippen LogP contribution in [0.2, 0.25) is 0 Å². The van der Waals surface area contributed by atoms with Gasteiger partial charge in [-0.25, -0.2) is 4.90 Å². The Balaban J connectivity index is 1.62. The highest BCUT2D eigenvalue weighted by Gasteiger charge is 2.67. The summed E-state index contributed by atoms with van der Waals surface area (Å²) in [5.41, 5.74) is 2.44. The maximum Gasteiger partial charge on any atom is 0.270 e. The standard InChI is InChI=1S/C26H20N4O5/c1-14-6-7-19(15(2)10-14)29-25(32)21-20-11-16(13-27)8-9-28(20)23(22(21)26(29)33)24(31)17-4-3-5-18(12-17)30(34)35/h3-12,20-23H,1-2H3/p+1/t20-,21+,22-,23+/m1/s1. The zero-order valence-corrected chi connectivity index (χ0v) is 19.0. The molecule has 2 fully saturated rings. The van der Waals surface area contributed by atoms with Crippen LogP contribution >= 0.6 is 0 Å². The topological polar surface area (TPSA) is 126 Å². The first-order chi connectivity index (χ1) is 16.7. The maximum absolute atomic E-state index is 13.8. The Morgan fingerprint density at radius 1 is 1.11 bits per heavy atom. The van der Waals surface area contributed by atoms with E-state index in [4.69, 9.17) is 0 Å². The number of anilines is 1. The number of quaternary nitrogens is 1. The molecule has 0 aromatic heterocycles. The number of nitro benzene ring substituents is 1. The van der Waals surface area contributed by atoms with Crippen LogP contribution in [-0.2, 0) is 9.59 Å². The quantitative estimate of drug-likeness (QED) is 0.315. The summed E-state index contributed by atoms with van der Waals surface area (Å²) in [7, 11) is 0. The van der Waals surface area contributed by atoms with Crippen LogP contribution in [0.5, 0.6) is 0 Å². The minimum absolute atomic E-state index is 0.102. The number of nitrogens with one attached hydrogen (secondary N) is 1. The summed E-state index contributed by atoms with van der Waals surface area (Å²) in [6.07, 6.45) is 4.85. The number of rotatable bonds is 4. The summed E-state index contributed by atoms with van der Waals surface area (Å²) in [6, 6.07) is 11.3. The molecule has 2 aromatic rings. The first-order valence-corrected chi connectivity index (χ1v) is 11.1. The molecule has 1 unspecified atom stereocenters. The maximum atomic E-state index is 13.8. The van der Waals surface area contributed by atoms with E-state index in [1.54, 1.807) is 24.4 Å². The molecule has 174 valence electrons. The van der Waals surface area contributed by atoms with E-state index in [0.29, 0.717) is 16.2 Å². The molecule has 0 aliphatic carbocycles. The van der Waals surface area contributed by atoms with Crippen LogP contribution < -0.4 is 9.80 Å². The molecule has 3 heterocycles. The van der Waals surface area contributed by atoms with Gasteiger partial charge in [0.1, 0.15) is 17.9 Å². The average molecular weight is 469 g/mol. The molecule has 2 amide bonds. The van der Waals surface area contributed by atoms with Gasteiger partial charge < -0.3 is 0 Å². The minimum Gasteiger partial charge on any atom is -0.293 e. The summed E-state index contributed by atoms with van der Waals surface area (Å²) < 4.78 is 0. The third-order valence-electron chi connectivity index (χ3n) is 7.05. The summed E-state index contributed by atoms with van der Waals surface area (Å²) in [5.74, 6) is -3.14. The van der Waals surface area contributed by atoms with Crippen LogP contribution in [0.1, 0.15) is 21.5 Å². The van der Waals surface area contributed by atoms with Crippen LogP contribution in [0.4, 0.5) is 11.4 Å². The van der Waals surface area contributed by atoms with E-state index in [1.807, 2.05) is 26.0 Å². The second kappa shape index (κ2) is 8.11. The number of carbonyl (C=O) groups excluding carboxylic acids is 3. The van der Waals surface area contributed by atoms with E-state index >= 15 is 0 Å². The molecule has 3 aliphatic rings. The van der Waals surface area contributed by atoms with Gasteiger partial charge in [-0.05, 0) is 31.6 Å². The Morgan fingerprint density at radius 2 is 1.86 bits per heavy atom. The van der Waals surface area contributed by atoms with E-state index in [1.165, 1.54) is 24.3 Å². The lowest BCUT2D eigenvalue weighted by Gasteiger charge is -2.28. The zero-order chi connectivity index (χ0) is 25.0. The van der Waals surface area contributed by atoms with Crippen molar-refractivity contribution in [3.8, 4) is 6.07 Å². The molecule has 5 rings (SSSR count). The predicted octanol–water partition coefficient (Wildman–Crippen LogP) is 1.81. The summed E-state index contributed by atoms with van der Waals surface area (Å²) in [5, 5.41) is 20.7. The van der Waals surface area contributed by atoms with E-state index in [9.17, 15) is 29.8 Å². The van der Waals surface area contributed by atoms with Crippen LogP contribution in [0.25, 0.3) is 0 Å². The fourth-order valence-corrected chi connectivity index (χ4v) is 5.55. The Kier molecular flexibility index (Phi) is 5.19. The van der Waals surface area contributed by atoms with Gasteiger partial charge in [0, 0.05) is 23.8 Å². The van der Waals surface area contributed by atoms with E-state index in [-0.39, 0.29) is 11.3 Å². The molecule has 0 radical (unpaired) electrons. The van der Waals surface area contributed by atoms with Crippen molar-refractivity contribution >= 4 is 29.0 Å². The number of amides is 2. The predicted molar refractivity (Wildman–Crippen MR) is 124 cm³/mol. The molecular formula is C26H21N4O5+. The first-order valence-electron chi connectivity index (χ1n) is 11.1. The number of hydrogen-bond donors (Lipinski definition) is 1. The van der Waals surface area contributed by atoms with Gasteiger partial charge in [-0.2, -0.15) is 5.26 Å². The monoisotopic (exact) mass is 469 g/mol. The number of Topliss-reactive ketones (excluding diaryl/α,β-unsaturated/α-hetero) is 1. The number of ketones is 1. The van der Waals surface area contributed by atoms with Gasteiger partial charge in [-0.15, -0.1) is 0 Å². The van der Waals surface area contributed by atoms with Crippen molar-refractivity contribution in [2.24, 2.45) is 11.8 Å². The minimum atomic E-state index is -0.966. The number of carbonyl (C=O) groups is 3. The van der Waals surface area contributed by atoms with Crippen LogP contribution in [0.15, 0.2) is 66.4 Å². The van der Waals surface area contributed by atoms with E-state index in [2.05, 4.69) is 6.07 Å². The SMILES string of the molecule is Cc1ccc(N2C(=O)[C@@H]3[C@@H](C2=O)[C@@H](C(=O)c2cccc([N+](=O)[O-])c2)[NH+]2C=CC(C#N)=C[C@H]32)c(C)c1. The number of hydrogen-bond acceptors (Lipinski definition) is 6. The molecule has 35 heavy (non-hydrogen) atoms. The Morgan fingerprint density at radius 3 is 2.54 bits per heavy atom. The Hall–Kier alpha value is -4.42. The fraction of sp³-hybridized carbons (Fsp3) is 0.231. The first kappa shape index (κ1) is 22.4. The lowest BCUT2D eigenvalue weighted by Crippen LogP contribution is -3.15. The lowest BCUT2D eigenvalue weighted by atomic mass is 9.86. The average Bonchev–Trinajstić information content (AvgIpc) is 3.31. The van der Waals surface area contributed by atoms with Crippen molar-refractivity contribution in [1.29, 1.82) is 5.26 Å². The number of benzene rings is 2. The fourth-order valence-electron chi connectivity index (χ4n) is 5.55. The molecule has 2 saturated heterocycles. The van der Waals surface area contributed by atoms with Crippen molar-refractivity contribution in [1.82, 2.24) is 0 Å². The summed E-state index contributed by atoms with van der Waals surface area (Å²) >= 11 is 0. The van der Waals surface area contributed by atoms with Crippen LogP contribution in [0.3, 0.4) is 0 Å². The Labute approximate surface area is 200 Å². The van der Waals surface area contributed by atoms with Gasteiger partial charge in [-0.3, -0.25) is 29.4 Å². The van der Waals surface area contributed by atoms with E-state index in [0.717, 1.165) is 16.0 Å².